The van der Waals surface area contributed by atoms with Crippen molar-refractivity contribution in [1.82, 2.24) is 19.5 Å². The number of alkyl halides is 2. The molecule has 0 bridgehead atoms. The molecular weight excluding hydrogens is 480 g/mol. The van der Waals surface area contributed by atoms with Crippen LogP contribution in [0.5, 0.6) is 5.75 Å². The topological polar surface area (TPSA) is 76.3 Å². The highest BCUT2D eigenvalue weighted by Crippen LogP contribution is 2.40. The van der Waals surface area contributed by atoms with E-state index in [1.165, 1.54) is 4.57 Å². The molecule has 3 aromatic rings. The summed E-state index contributed by atoms with van der Waals surface area (Å²) in [6.07, 6.45) is -1.14. The minimum Gasteiger partial charge on any atom is -0.542 e. The minimum absolute atomic E-state index is 0.0214. The second-order valence-electron chi connectivity index (χ2n) is 9.69. The van der Waals surface area contributed by atoms with Gasteiger partial charge in [0.05, 0.1) is 23.7 Å². The number of benzene rings is 1. The van der Waals surface area contributed by atoms with Crippen LogP contribution < -0.4 is 9.33 Å². The number of fused-ring (bicyclic) bond motifs is 1. The number of halogens is 3. The zero-order valence-electron chi connectivity index (χ0n) is 19.9. The molecule has 1 aliphatic rings. The highest BCUT2D eigenvalue weighted by atomic mass is 35.5. The van der Waals surface area contributed by atoms with Gasteiger partial charge in [0.2, 0.25) is 5.95 Å². The first kappa shape index (κ1) is 24.8. The van der Waals surface area contributed by atoms with Gasteiger partial charge >= 0.3 is 0 Å². The fourth-order valence-electron chi connectivity index (χ4n) is 4.50. The van der Waals surface area contributed by atoms with E-state index in [9.17, 15) is 13.9 Å². The normalized spacial score (nSPS) is 16.9. The van der Waals surface area contributed by atoms with E-state index in [0.29, 0.717) is 29.1 Å². The lowest BCUT2D eigenvalue weighted by Crippen LogP contribution is -2.33. The van der Waals surface area contributed by atoms with Crippen LogP contribution in [0.15, 0.2) is 18.2 Å². The maximum absolute atomic E-state index is 14.3. The lowest BCUT2D eigenvalue weighted by Gasteiger charge is -2.25. The van der Waals surface area contributed by atoms with Crippen LogP contribution in [0.3, 0.4) is 0 Å². The van der Waals surface area contributed by atoms with Crippen molar-refractivity contribution in [3.05, 3.63) is 34.7 Å². The number of aromatic nitrogens is 4. The van der Waals surface area contributed by atoms with E-state index in [0.717, 1.165) is 18.4 Å². The molecule has 1 radical (unpaired) electrons. The molecule has 11 heteroatoms. The fraction of sp³-hybridized carbons (Fsp3) is 0.522. The molecule has 3 heterocycles. The van der Waals surface area contributed by atoms with Crippen molar-refractivity contribution in [1.29, 1.82) is 0 Å². The smallest absolute Gasteiger partial charge is 0.296 e. The third-order valence-corrected chi connectivity index (χ3v) is 6.65. The summed E-state index contributed by atoms with van der Waals surface area (Å²) in [5, 5.41) is 9.86. The summed E-state index contributed by atoms with van der Waals surface area (Å²) in [5.41, 5.74) is 1.25. The number of aliphatic hydroxyl groups is 1. The number of rotatable bonds is 6. The first-order valence-electron chi connectivity index (χ1n) is 11.3. The molecule has 1 fully saturated rings. The van der Waals surface area contributed by atoms with E-state index in [2.05, 4.69) is 15.0 Å². The Hall–Kier alpha value is -2.30. The van der Waals surface area contributed by atoms with Gasteiger partial charge in [-0.05, 0) is 43.5 Å². The first-order chi connectivity index (χ1) is 16.0. The average molecular weight is 509 g/mol. The Labute approximate surface area is 204 Å². The van der Waals surface area contributed by atoms with Gasteiger partial charge in [0.15, 0.2) is 5.82 Å². The van der Waals surface area contributed by atoms with Crippen LogP contribution in [-0.2, 0) is 5.41 Å². The number of aliphatic hydroxyl groups excluding tert-OH is 1. The third-order valence-electron chi connectivity index (χ3n) is 5.83. The molecule has 0 amide bonds. The highest BCUT2D eigenvalue weighted by molar-refractivity contribution is 6.49. The van der Waals surface area contributed by atoms with Gasteiger partial charge in [-0.15, -0.1) is 0 Å². The molecule has 34 heavy (non-hydrogen) atoms. The van der Waals surface area contributed by atoms with Crippen molar-refractivity contribution < 1.29 is 18.3 Å². The lowest BCUT2D eigenvalue weighted by atomic mass is 9.85. The molecule has 7 nitrogen and oxygen atoms in total. The van der Waals surface area contributed by atoms with Gasteiger partial charge in [-0.1, -0.05) is 32.4 Å². The molecule has 2 aromatic heterocycles. The van der Waals surface area contributed by atoms with Crippen LogP contribution in [0.4, 0.5) is 14.6 Å². The van der Waals surface area contributed by atoms with E-state index in [-0.39, 0.29) is 23.8 Å². The maximum Gasteiger partial charge on any atom is 0.296 e. The zero-order chi connectivity index (χ0) is 24.8. The molecule has 0 saturated carbocycles. The van der Waals surface area contributed by atoms with E-state index >= 15 is 0 Å². The van der Waals surface area contributed by atoms with Crippen LogP contribution in [0, 0.1) is 0 Å². The van der Waals surface area contributed by atoms with Crippen molar-refractivity contribution >= 4 is 37.5 Å². The van der Waals surface area contributed by atoms with Gasteiger partial charge in [-0.25, -0.2) is 18.7 Å². The first-order valence-corrected chi connectivity index (χ1v) is 14.0. The number of hydrogen-bond donors (Lipinski definition) is 1. The Balaban J connectivity index is 1.97. The van der Waals surface area contributed by atoms with Gasteiger partial charge in [0.1, 0.15) is 16.7 Å². The molecule has 0 aliphatic carbocycles. The molecule has 4 rings (SSSR count). The Morgan fingerprint density at radius 3 is 2.59 bits per heavy atom. The molecule has 183 valence electrons. The maximum atomic E-state index is 14.3. The van der Waals surface area contributed by atoms with E-state index in [1.807, 2.05) is 44.8 Å². The molecular formula is C23H29ClF2N5O2Si. The Kier molecular flexibility index (Phi) is 6.85. The fourth-order valence-corrected chi connectivity index (χ4v) is 5.28. The Morgan fingerprint density at radius 1 is 1.24 bits per heavy atom. The number of anilines is 1. The van der Waals surface area contributed by atoms with Crippen molar-refractivity contribution in [3.8, 4) is 11.7 Å². The Morgan fingerprint density at radius 2 is 1.97 bits per heavy atom. The highest BCUT2D eigenvalue weighted by Gasteiger charge is 2.31. The van der Waals surface area contributed by atoms with Gasteiger partial charge < -0.3 is 14.4 Å². The van der Waals surface area contributed by atoms with Crippen LogP contribution in [-0.4, -0.2) is 52.9 Å². The standard InChI is InChI=1S/C23H29ClF2N5O2Si/c1-23(2,3)18-15(33-34(4)5)9-8-14-19(18)29-21(20(25)26)31(14)22-27-16(24)11-17(28-22)30-10-6-7-13(30)12-32/h8-9,11,13,20,32H,6-7,10,12H2,1-5H3. The van der Waals surface area contributed by atoms with Gasteiger partial charge in [-0.2, -0.15) is 4.98 Å². The quantitative estimate of drug-likeness (QED) is 0.360. The molecule has 1 aromatic carbocycles. The summed E-state index contributed by atoms with van der Waals surface area (Å²) in [4.78, 5) is 15.2. The van der Waals surface area contributed by atoms with Crippen molar-refractivity contribution in [3.63, 3.8) is 0 Å². The summed E-state index contributed by atoms with van der Waals surface area (Å²) in [6, 6.07) is 5.03. The van der Waals surface area contributed by atoms with Gasteiger partial charge in [-0.3, -0.25) is 4.57 Å². The van der Waals surface area contributed by atoms with Crippen LogP contribution >= 0.6 is 11.6 Å². The van der Waals surface area contributed by atoms with Gasteiger partial charge in [0, 0.05) is 18.2 Å². The van der Waals surface area contributed by atoms with E-state index < -0.39 is 26.7 Å². The van der Waals surface area contributed by atoms with Crippen molar-refractivity contribution in [2.75, 3.05) is 18.1 Å². The third kappa shape index (κ3) is 4.63. The molecule has 1 N–H and O–H groups in total. The summed E-state index contributed by atoms with van der Waals surface area (Å²) in [7, 11) is -1.09. The molecule has 1 atom stereocenters. The molecule has 0 spiro atoms. The summed E-state index contributed by atoms with van der Waals surface area (Å²) in [6.45, 7) is 10.7. The Bertz CT molecular complexity index is 1200. The number of imidazole rings is 1. The summed E-state index contributed by atoms with van der Waals surface area (Å²) in [5.74, 6) is 0.714. The molecule has 1 unspecified atom stereocenters. The van der Waals surface area contributed by atoms with Crippen molar-refractivity contribution in [2.24, 2.45) is 0 Å². The minimum atomic E-state index is -2.86. The van der Waals surface area contributed by atoms with Crippen LogP contribution in [0.25, 0.3) is 17.0 Å². The average Bonchev–Trinajstić information content (AvgIpc) is 3.36. The largest absolute Gasteiger partial charge is 0.542 e. The number of nitrogens with zero attached hydrogens (tertiary/aromatic N) is 5. The second-order valence-corrected chi connectivity index (χ2v) is 12.1. The monoisotopic (exact) mass is 508 g/mol. The lowest BCUT2D eigenvalue weighted by molar-refractivity contribution is 0.138. The van der Waals surface area contributed by atoms with Crippen LogP contribution in [0.2, 0.25) is 18.2 Å². The predicted octanol–water partition coefficient (Wildman–Crippen LogP) is 5.30. The summed E-state index contributed by atoms with van der Waals surface area (Å²) >= 11 is 6.33. The SMILES string of the molecule is C[Si](C)Oc1ccc2c(nc(C(F)F)n2-c2nc(Cl)cc(N3CCCC3CO)n2)c1C(C)(C)C. The van der Waals surface area contributed by atoms with Gasteiger partial charge in [0.25, 0.3) is 15.5 Å². The van der Waals surface area contributed by atoms with E-state index in [1.54, 1.807) is 12.1 Å². The zero-order valence-corrected chi connectivity index (χ0v) is 21.7. The number of hydrogen-bond acceptors (Lipinski definition) is 6. The summed E-state index contributed by atoms with van der Waals surface area (Å²) < 4.78 is 35.9. The second kappa shape index (κ2) is 9.39. The molecule has 1 saturated heterocycles. The van der Waals surface area contributed by atoms with E-state index in [4.69, 9.17) is 16.0 Å². The van der Waals surface area contributed by atoms with Crippen molar-refractivity contribution in [2.45, 2.75) is 64.6 Å². The van der Waals surface area contributed by atoms with Crippen LogP contribution in [0.1, 0.15) is 51.4 Å². The predicted molar refractivity (Wildman–Crippen MR) is 131 cm³/mol. The molecule has 1 aliphatic heterocycles.